The van der Waals surface area contributed by atoms with Crippen molar-refractivity contribution in [1.82, 2.24) is 4.90 Å². The zero-order valence-electron chi connectivity index (χ0n) is 16.4. The number of hydrogen-bond donors (Lipinski definition) is 0. The largest absolute Gasteiger partial charge is 0.466 e. The molecular formula is C20H28N2O4S. The van der Waals surface area contributed by atoms with Gasteiger partial charge < -0.3 is 14.3 Å². The van der Waals surface area contributed by atoms with Gasteiger partial charge in [0.1, 0.15) is 12.3 Å². The lowest BCUT2D eigenvalue weighted by Gasteiger charge is -2.41. The van der Waals surface area contributed by atoms with E-state index in [1.165, 1.54) is 18.1 Å². The SMILES string of the molecule is COC(=O)/C=C/CON=C(c1ccc(SC)cc1)C(C)(C)N1CCOCC1. The summed E-state index contributed by atoms with van der Waals surface area (Å²) in [6, 6.07) is 8.31. The summed E-state index contributed by atoms with van der Waals surface area (Å²) in [6.07, 6.45) is 4.97. The van der Waals surface area contributed by atoms with E-state index < -0.39 is 5.97 Å². The summed E-state index contributed by atoms with van der Waals surface area (Å²) in [7, 11) is 1.34. The van der Waals surface area contributed by atoms with Gasteiger partial charge in [-0.2, -0.15) is 0 Å². The Labute approximate surface area is 165 Å². The van der Waals surface area contributed by atoms with E-state index in [0.717, 1.165) is 24.4 Å². The number of carbonyl (C=O) groups is 1. The topological polar surface area (TPSA) is 60.4 Å². The molecule has 0 amide bonds. The number of methoxy groups -OCH3 is 1. The number of oxime groups is 1. The van der Waals surface area contributed by atoms with E-state index in [2.05, 4.69) is 59.2 Å². The second-order valence-electron chi connectivity index (χ2n) is 6.55. The van der Waals surface area contributed by atoms with Crippen LogP contribution in [0.3, 0.4) is 0 Å². The van der Waals surface area contributed by atoms with Gasteiger partial charge in [-0.25, -0.2) is 4.79 Å². The summed E-state index contributed by atoms with van der Waals surface area (Å²) >= 11 is 1.70. The number of hydrogen-bond acceptors (Lipinski definition) is 7. The van der Waals surface area contributed by atoms with E-state index in [1.807, 2.05) is 0 Å². The number of esters is 1. The van der Waals surface area contributed by atoms with Crippen LogP contribution in [0.4, 0.5) is 0 Å². The Hall–Kier alpha value is -1.83. The van der Waals surface area contributed by atoms with E-state index in [0.29, 0.717) is 13.2 Å². The van der Waals surface area contributed by atoms with E-state index in [9.17, 15) is 4.79 Å². The van der Waals surface area contributed by atoms with Crippen LogP contribution >= 0.6 is 11.8 Å². The Morgan fingerprint density at radius 1 is 1.30 bits per heavy atom. The zero-order chi connectivity index (χ0) is 19.7. The number of morpholine rings is 1. The van der Waals surface area contributed by atoms with Crippen LogP contribution < -0.4 is 0 Å². The molecule has 1 aliphatic rings. The molecular weight excluding hydrogens is 364 g/mol. The van der Waals surface area contributed by atoms with Crippen molar-refractivity contribution < 1.29 is 19.1 Å². The van der Waals surface area contributed by atoms with Crippen LogP contribution in [0.2, 0.25) is 0 Å². The van der Waals surface area contributed by atoms with Gasteiger partial charge in [0.05, 0.1) is 25.9 Å². The lowest BCUT2D eigenvalue weighted by molar-refractivity contribution is -0.134. The Bertz CT molecular complexity index is 665. The first-order chi connectivity index (χ1) is 13.0. The van der Waals surface area contributed by atoms with Gasteiger partial charge in [-0.05, 0) is 38.3 Å². The van der Waals surface area contributed by atoms with E-state index in [1.54, 1.807) is 17.8 Å². The summed E-state index contributed by atoms with van der Waals surface area (Å²) in [6.45, 7) is 7.60. The predicted molar refractivity (Wildman–Crippen MR) is 108 cm³/mol. The van der Waals surface area contributed by atoms with Gasteiger partial charge in [0.2, 0.25) is 0 Å². The molecule has 2 rings (SSSR count). The minimum absolute atomic E-state index is 0.195. The Morgan fingerprint density at radius 2 is 1.96 bits per heavy atom. The minimum Gasteiger partial charge on any atom is -0.466 e. The predicted octanol–water partition coefficient (Wildman–Crippen LogP) is 2.97. The first-order valence-electron chi connectivity index (χ1n) is 8.91. The van der Waals surface area contributed by atoms with Gasteiger partial charge >= 0.3 is 5.97 Å². The molecule has 1 saturated heterocycles. The highest BCUT2D eigenvalue weighted by atomic mass is 32.2. The minimum atomic E-state index is -0.413. The third kappa shape index (κ3) is 6.09. The molecule has 0 spiro atoms. The van der Waals surface area contributed by atoms with Crippen LogP contribution in [0.25, 0.3) is 0 Å². The number of rotatable bonds is 8. The fourth-order valence-electron chi connectivity index (χ4n) is 2.90. The molecule has 1 aromatic rings. The molecule has 1 aliphatic heterocycles. The molecule has 1 heterocycles. The van der Waals surface area contributed by atoms with Gasteiger partial charge in [0.25, 0.3) is 0 Å². The number of benzene rings is 1. The van der Waals surface area contributed by atoms with Gasteiger partial charge in [0.15, 0.2) is 0 Å². The molecule has 7 heteroatoms. The first-order valence-corrected chi connectivity index (χ1v) is 10.1. The molecule has 0 atom stereocenters. The van der Waals surface area contributed by atoms with Crippen LogP contribution in [0.15, 0.2) is 46.5 Å². The average molecular weight is 393 g/mol. The van der Waals surface area contributed by atoms with Crippen LogP contribution in [0, 0.1) is 0 Å². The first kappa shape index (κ1) is 21.5. The lowest BCUT2D eigenvalue weighted by Crippen LogP contribution is -2.54. The highest BCUT2D eigenvalue weighted by Gasteiger charge is 2.35. The molecule has 0 N–H and O–H groups in total. The van der Waals surface area contributed by atoms with Crippen LogP contribution in [0.1, 0.15) is 19.4 Å². The molecule has 0 bridgehead atoms. The molecule has 0 aromatic heterocycles. The summed E-state index contributed by atoms with van der Waals surface area (Å²) in [5.41, 5.74) is 1.54. The maximum atomic E-state index is 11.1. The number of nitrogens with zero attached hydrogens (tertiary/aromatic N) is 2. The molecule has 1 aromatic carbocycles. The molecule has 27 heavy (non-hydrogen) atoms. The second kappa shape index (κ2) is 10.5. The molecule has 0 saturated carbocycles. The van der Waals surface area contributed by atoms with Gasteiger partial charge in [-0.3, -0.25) is 4.90 Å². The van der Waals surface area contributed by atoms with Crippen LogP contribution in [0.5, 0.6) is 0 Å². The van der Waals surface area contributed by atoms with Crippen molar-refractivity contribution in [2.24, 2.45) is 5.16 Å². The fraction of sp³-hybridized carbons (Fsp3) is 0.500. The van der Waals surface area contributed by atoms with Crippen molar-refractivity contribution in [3.63, 3.8) is 0 Å². The van der Waals surface area contributed by atoms with Crippen molar-refractivity contribution >= 4 is 23.4 Å². The molecule has 1 fully saturated rings. The Balaban J connectivity index is 2.22. The summed E-state index contributed by atoms with van der Waals surface area (Å²) < 4.78 is 10.1. The van der Waals surface area contributed by atoms with Gasteiger partial charge in [0, 0.05) is 29.6 Å². The van der Waals surface area contributed by atoms with Crippen molar-refractivity contribution in [2.75, 3.05) is 46.3 Å². The quantitative estimate of drug-likeness (QED) is 0.169. The zero-order valence-corrected chi connectivity index (χ0v) is 17.3. The smallest absolute Gasteiger partial charge is 0.330 e. The third-order valence-electron chi connectivity index (χ3n) is 4.53. The molecule has 6 nitrogen and oxygen atoms in total. The average Bonchev–Trinajstić information content (AvgIpc) is 2.71. The van der Waals surface area contributed by atoms with Crippen molar-refractivity contribution in [3.05, 3.63) is 42.0 Å². The molecule has 148 valence electrons. The van der Waals surface area contributed by atoms with E-state index in [4.69, 9.17) is 9.57 Å². The van der Waals surface area contributed by atoms with Crippen molar-refractivity contribution in [2.45, 2.75) is 24.3 Å². The third-order valence-corrected chi connectivity index (χ3v) is 5.27. The van der Waals surface area contributed by atoms with E-state index >= 15 is 0 Å². The number of thioether (sulfide) groups is 1. The maximum Gasteiger partial charge on any atom is 0.330 e. The summed E-state index contributed by atoms with van der Waals surface area (Å²) in [4.78, 5) is 20.2. The van der Waals surface area contributed by atoms with Crippen LogP contribution in [-0.4, -0.2) is 68.4 Å². The normalized spacial score (nSPS) is 16.5. The second-order valence-corrected chi connectivity index (χ2v) is 7.43. The number of carbonyl (C=O) groups excluding carboxylic acids is 1. The fourth-order valence-corrected chi connectivity index (χ4v) is 3.30. The highest BCUT2D eigenvalue weighted by Crippen LogP contribution is 2.25. The standard InChI is InChI=1S/C20H28N2O4S/c1-20(2,22-11-14-25-15-12-22)19(16-7-9-17(27-4)10-8-16)21-26-13-5-6-18(23)24-3/h5-10H,11-15H2,1-4H3/b6-5+,21-19?. The maximum absolute atomic E-state index is 11.1. The summed E-state index contributed by atoms with van der Waals surface area (Å²) in [5.74, 6) is -0.413. The molecule has 0 unspecified atom stereocenters. The Morgan fingerprint density at radius 3 is 2.56 bits per heavy atom. The highest BCUT2D eigenvalue weighted by molar-refractivity contribution is 7.98. The monoisotopic (exact) mass is 392 g/mol. The molecule has 0 radical (unpaired) electrons. The van der Waals surface area contributed by atoms with E-state index in [-0.39, 0.29) is 12.1 Å². The number of ether oxygens (including phenoxy) is 2. The van der Waals surface area contributed by atoms with Crippen molar-refractivity contribution in [3.8, 4) is 0 Å². The van der Waals surface area contributed by atoms with Gasteiger partial charge in [-0.1, -0.05) is 17.3 Å². The molecule has 0 aliphatic carbocycles. The lowest BCUT2D eigenvalue weighted by atomic mass is 9.90. The van der Waals surface area contributed by atoms with Crippen molar-refractivity contribution in [1.29, 1.82) is 0 Å². The Kier molecular flexibility index (Phi) is 8.34. The van der Waals surface area contributed by atoms with Gasteiger partial charge in [-0.15, -0.1) is 11.8 Å². The summed E-state index contributed by atoms with van der Waals surface area (Å²) in [5, 5.41) is 4.44. The van der Waals surface area contributed by atoms with Crippen LogP contribution in [-0.2, 0) is 19.1 Å².